The molecule has 1 spiro atoms. The summed E-state index contributed by atoms with van der Waals surface area (Å²) in [6.45, 7) is 10.1. The molecule has 31 heavy (non-hydrogen) atoms. The number of nitrogens with zero attached hydrogens (tertiary/aromatic N) is 2. The number of amides is 1. The fourth-order valence-corrected chi connectivity index (χ4v) is 9.55. The molecule has 0 aromatic heterocycles. The van der Waals surface area contributed by atoms with Crippen LogP contribution < -0.4 is 17.0 Å². The van der Waals surface area contributed by atoms with Gasteiger partial charge in [-0.15, -0.1) is 0 Å². The van der Waals surface area contributed by atoms with Crippen LogP contribution in [0.3, 0.4) is 0 Å². The number of halogens is 1. The van der Waals surface area contributed by atoms with E-state index in [9.17, 15) is 13.2 Å². The fraction of sp³-hybridized carbons (Fsp3) is 0.652. The van der Waals surface area contributed by atoms with Crippen LogP contribution in [0, 0.1) is 29.6 Å². The number of hydrogen-bond donors (Lipinski definition) is 0. The quantitative estimate of drug-likeness (QED) is 0.492. The minimum absolute atomic E-state index is 0. The summed E-state index contributed by atoms with van der Waals surface area (Å²) in [7, 11) is -3.59. The Morgan fingerprint density at radius 1 is 1.19 bits per heavy atom. The summed E-state index contributed by atoms with van der Waals surface area (Å²) < 4.78 is 27.9. The molecular weight excluding hydrogens is 530 g/mol. The van der Waals surface area contributed by atoms with Gasteiger partial charge in [0.25, 0.3) is 5.91 Å². The topological polar surface area (TPSA) is 57.7 Å². The van der Waals surface area contributed by atoms with E-state index in [0.717, 1.165) is 37.8 Å². The molecular formula is C23H31BrN2O3SZn-. The van der Waals surface area contributed by atoms with Crippen LogP contribution in [-0.4, -0.2) is 47.9 Å². The third-order valence-electron chi connectivity index (χ3n) is 8.74. The summed E-state index contributed by atoms with van der Waals surface area (Å²) in [6.07, 6.45) is 3.65. The normalized spacial score (nSPS) is 37.2. The SMILES string of the molecule is [Br-].[CH2][C@@H]1CCN(Cc2ccccc2)[C@@H]1C(=O)N1C2C[C@@H]3CC[C@@]2(CS1(=O)=O)C3(C)C.[Zn]. The maximum Gasteiger partial charge on any atom is 0.253 e. The van der Waals surface area contributed by atoms with Crippen molar-refractivity contribution < 1.29 is 49.7 Å². The molecule has 8 heteroatoms. The van der Waals surface area contributed by atoms with E-state index in [2.05, 4.69) is 37.8 Å². The van der Waals surface area contributed by atoms with Gasteiger partial charge in [-0.05, 0) is 62.0 Å². The Morgan fingerprint density at radius 3 is 2.52 bits per heavy atom. The first-order valence-electron chi connectivity index (χ1n) is 10.8. The molecule has 1 aromatic rings. The third kappa shape index (κ3) is 3.59. The van der Waals surface area contributed by atoms with E-state index in [1.165, 1.54) is 4.31 Å². The number of carbonyl (C=O) groups excluding carboxylic acids is 1. The van der Waals surface area contributed by atoms with Crippen LogP contribution in [0.5, 0.6) is 0 Å². The summed E-state index contributed by atoms with van der Waals surface area (Å²) in [5.41, 5.74) is 0.843. The Kier molecular flexibility index (Phi) is 6.93. The van der Waals surface area contributed by atoms with E-state index in [-0.39, 0.29) is 70.9 Å². The molecule has 5 rings (SSSR count). The van der Waals surface area contributed by atoms with Crippen molar-refractivity contribution >= 4 is 15.9 Å². The van der Waals surface area contributed by atoms with Crippen molar-refractivity contribution in [2.75, 3.05) is 12.3 Å². The molecule has 1 unspecified atom stereocenters. The second-order valence-electron chi connectivity index (χ2n) is 10.2. The largest absolute Gasteiger partial charge is 1.00 e. The number of likely N-dealkylation sites (tertiary alicyclic amines) is 1. The van der Waals surface area contributed by atoms with Gasteiger partial charge in [0.1, 0.15) is 0 Å². The average Bonchev–Trinajstić information content (AvgIpc) is 3.28. The summed E-state index contributed by atoms with van der Waals surface area (Å²) >= 11 is 0. The Labute approximate surface area is 209 Å². The third-order valence-corrected chi connectivity index (χ3v) is 10.7. The van der Waals surface area contributed by atoms with Gasteiger partial charge in [0.15, 0.2) is 0 Å². The van der Waals surface area contributed by atoms with E-state index >= 15 is 0 Å². The zero-order valence-electron chi connectivity index (χ0n) is 18.5. The zero-order valence-corrected chi connectivity index (χ0v) is 23.8. The van der Waals surface area contributed by atoms with E-state index < -0.39 is 16.1 Å². The van der Waals surface area contributed by atoms with Gasteiger partial charge >= 0.3 is 0 Å². The molecule has 4 aliphatic rings. The van der Waals surface area contributed by atoms with Gasteiger partial charge in [-0.25, -0.2) is 12.7 Å². The first-order valence-corrected chi connectivity index (χ1v) is 12.5. The van der Waals surface area contributed by atoms with Crippen LogP contribution in [0.2, 0.25) is 0 Å². The molecule has 1 aromatic carbocycles. The smallest absolute Gasteiger partial charge is 0.253 e. The molecule has 2 heterocycles. The first kappa shape index (κ1) is 25.3. The summed E-state index contributed by atoms with van der Waals surface area (Å²) in [5, 5.41) is 0. The Bertz CT molecular complexity index is 941. The van der Waals surface area contributed by atoms with Crippen LogP contribution in [0.25, 0.3) is 0 Å². The average molecular weight is 561 g/mol. The van der Waals surface area contributed by atoms with Gasteiger partial charge in [-0.2, -0.15) is 0 Å². The van der Waals surface area contributed by atoms with Crippen molar-refractivity contribution in [1.82, 2.24) is 9.21 Å². The number of benzene rings is 1. The molecule has 2 saturated carbocycles. The van der Waals surface area contributed by atoms with Gasteiger partial charge in [0, 0.05) is 31.4 Å². The molecule has 5 atom stereocenters. The maximum atomic E-state index is 13.8. The van der Waals surface area contributed by atoms with Crippen molar-refractivity contribution in [3.8, 4) is 0 Å². The van der Waals surface area contributed by atoms with Gasteiger partial charge in [0.05, 0.1) is 17.8 Å². The van der Waals surface area contributed by atoms with E-state index in [1.54, 1.807) is 0 Å². The van der Waals surface area contributed by atoms with Gasteiger partial charge in [-0.1, -0.05) is 44.2 Å². The molecule has 1 amide bonds. The Morgan fingerprint density at radius 2 is 1.87 bits per heavy atom. The predicted molar refractivity (Wildman–Crippen MR) is 112 cm³/mol. The van der Waals surface area contributed by atoms with E-state index in [0.29, 0.717) is 12.5 Å². The van der Waals surface area contributed by atoms with Crippen molar-refractivity contribution in [2.45, 2.75) is 58.2 Å². The molecule has 0 N–H and O–H groups in total. The Balaban J connectivity index is 0.00000136. The number of rotatable bonds is 3. The molecule has 1 radical (unpaired) electrons. The van der Waals surface area contributed by atoms with Crippen LogP contribution in [0.15, 0.2) is 30.3 Å². The van der Waals surface area contributed by atoms with Gasteiger partial charge in [-0.3, -0.25) is 9.69 Å². The minimum Gasteiger partial charge on any atom is -1.00 e. The Hall–Kier alpha value is -0.297. The summed E-state index contributed by atoms with van der Waals surface area (Å²) in [6, 6.07) is 9.46. The number of carbonyl (C=O) groups is 1. The standard InChI is InChI=1S/C23H31N2O3S.BrH.Zn/c1-16-10-12-24(14-17-7-5-4-6-8-17)20(16)21(26)25-19-13-18-9-11-23(19,22(18,2)3)15-29(25,27)28;;/h4-8,16,18-20H,1,9-15H2,2-3H3;1H;/p-1/t16-,18+,19?,20+,23+;;/m1../s1. The molecule has 2 bridgehead atoms. The summed E-state index contributed by atoms with van der Waals surface area (Å²) in [5.74, 6) is 0.332. The predicted octanol–water partition coefficient (Wildman–Crippen LogP) is 0.0796. The maximum absolute atomic E-state index is 13.8. The second kappa shape index (κ2) is 8.49. The zero-order chi connectivity index (χ0) is 20.6. The minimum atomic E-state index is -3.59. The van der Waals surface area contributed by atoms with Crippen molar-refractivity contribution in [1.29, 1.82) is 0 Å². The second-order valence-corrected chi connectivity index (χ2v) is 12.1. The molecule has 167 valence electrons. The van der Waals surface area contributed by atoms with Crippen LogP contribution in [0.4, 0.5) is 0 Å². The number of fused-ring (bicyclic) bond motifs is 1. The number of sulfonamides is 1. The molecule has 5 nitrogen and oxygen atoms in total. The van der Waals surface area contributed by atoms with Crippen LogP contribution in [-0.2, 0) is 40.8 Å². The monoisotopic (exact) mass is 558 g/mol. The molecule has 4 fully saturated rings. The summed E-state index contributed by atoms with van der Waals surface area (Å²) in [4.78, 5) is 15.9. The van der Waals surface area contributed by atoms with E-state index in [4.69, 9.17) is 0 Å². The van der Waals surface area contributed by atoms with Crippen molar-refractivity contribution in [2.24, 2.45) is 22.7 Å². The fourth-order valence-electron chi connectivity index (χ4n) is 6.99. The van der Waals surface area contributed by atoms with Crippen LogP contribution in [0.1, 0.15) is 45.1 Å². The van der Waals surface area contributed by atoms with Gasteiger partial charge < -0.3 is 17.0 Å². The molecule has 2 aliphatic carbocycles. The van der Waals surface area contributed by atoms with Crippen molar-refractivity contribution in [3.63, 3.8) is 0 Å². The van der Waals surface area contributed by atoms with Crippen LogP contribution >= 0.6 is 0 Å². The number of hydrogen-bond acceptors (Lipinski definition) is 4. The first-order chi connectivity index (χ1) is 13.7. The molecule has 2 aliphatic heterocycles. The van der Waals surface area contributed by atoms with Gasteiger partial charge in [0.2, 0.25) is 10.0 Å². The van der Waals surface area contributed by atoms with E-state index in [1.807, 2.05) is 18.2 Å². The van der Waals surface area contributed by atoms with Crippen molar-refractivity contribution in [3.05, 3.63) is 42.8 Å². The molecule has 2 saturated heterocycles.